The average Bonchev–Trinajstić information content (AvgIpc) is 2.50. The molecule has 2 aromatic rings. The van der Waals surface area contributed by atoms with Gasteiger partial charge >= 0.3 is 6.03 Å². The predicted molar refractivity (Wildman–Crippen MR) is 74.9 cm³/mol. The zero-order valence-electron chi connectivity index (χ0n) is 10.9. The molecular weight excluding hydrogens is 341 g/mol. The maximum Gasteiger partial charge on any atom is 0.323 e. The molecule has 0 fully saturated rings. The molecule has 0 aliphatic rings. The molecule has 0 saturated carbocycles. The Kier molecular flexibility index (Phi) is 4.65. The minimum atomic E-state index is -1.77. The van der Waals surface area contributed by atoms with E-state index in [1.165, 1.54) is 12.1 Å². The van der Waals surface area contributed by atoms with Crippen LogP contribution in [0.2, 0.25) is 5.02 Å². The van der Waals surface area contributed by atoms with Gasteiger partial charge < -0.3 is 10.6 Å². The van der Waals surface area contributed by atoms with Crippen LogP contribution >= 0.6 is 11.6 Å². The molecule has 0 saturated heterocycles. The number of pyridine rings is 1. The summed E-state index contributed by atoms with van der Waals surface area (Å²) in [4.78, 5) is 24.1. The van der Waals surface area contributed by atoms with Crippen LogP contribution in [0.15, 0.2) is 24.3 Å². The van der Waals surface area contributed by atoms with Gasteiger partial charge in [0, 0.05) is 17.8 Å². The van der Waals surface area contributed by atoms with Crippen LogP contribution < -0.4 is 10.6 Å². The summed E-state index contributed by atoms with van der Waals surface area (Å²) >= 11 is 5.41. The number of nitro benzene ring substituents is 1. The molecule has 2 rings (SSSR count). The van der Waals surface area contributed by atoms with Gasteiger partial charge in [-0.1, -0.05) is 11.6 Å². The number of carbonyl (C=O) groups excluding carboxylic acids is 1. The third-order valence-electron chi connectivity index (χ3n) is 2.57. The number of halogens is 4. The van der Waals surface area contributed by atoms with Crippen LogP contribution in [0.3, 0.4) is 0 Å². The van der Waals surface area contributed by atoms with E-state index in [0.29, 0.717) is 0 Å². The van der Waals surface area contributed by atoms with E-state index >= 15 is 0 Å². The van der Waals surface area contributed by atoms with E-state index in [1.54, 1.807) is 0 Å². The zero-order chi connectivity index (χ0) is 17.1. The van der Waals surface area contributed by atoms with E-state index in [4.69, 9.17) is 11.6 Å². The van der Waals surface area contributed by atoms with Gasteiger partial charge in [0.25, 0.3) is 11.6 Å². The van der Waals surface area contributed by atoms with E-state index in [0.717, 1.165) is 12.1 Å². The summed E-state index contributed by atoms with van der Waals surface area (Å²) in [6.45, 7) is 0. The maximum absolute atomic E-state index is 13.5. The normalized spacial score (nSPS) is 10.3. The number of aromatic nitrogens is 1. The van der Waals surface area contributed by atoms with Gasteiger partial charge in [-0.2, -0.15) is 18.2 Å². The van der Waals surface area contributed by atoms with Crippen molar-refractivity contribution in [3.8, 4) is 0 Å². The highest BCUT2D eigenvalue weighted by atomic mass is 35.5. The van der Waals surface area contributed by atoms with Crippen LogP contribution in [0, 0.1) is 27.8 Å². The fourth-order valence-corrected chi connectivity index (χ4v) is 1.71. The standard InChI is InChI=1S/C12H6ClF3N4O3/c13-7-9(8(14)11(16)19-10(7)15)18-12(21)17-5-1-3-6(4-2-5)20(22)23/h1-4H,(H2,17,18,19,21). The van der Waals surface area contributed by atoms with Crippen LogP contribution in [0.25, 0.3) is 0 Å². The molecule has 2 amide bonds. The topological polar surface area (TPSA) is 97.2 Å². The van der Waals surface area contributed by atoms with E-state index in [2.05, 4.69) is 10.3 Å². The first kappa shape index (κ1) is 16.5. The van der Waals surface area contributed by atoms with Crippen molar-refractivity contribution in [2.24, 2.45) is 0 Å². The molecule has 0 aliphatic heterocycles. The molecule has 1 aromatic heterocycles. The van der Waals surface area contributed by atoms with E-state index in [9.17, 15) is 28.1 Å². The Bertz CT molecular complexity index is 760. The van der Waals surface area contributed by atoms with E-state index < -0.39 is 39.4 Å². The van der Waals surface area contributed by atoms with Gasteiger partial charge in [-0.15, -0.1) is 0 Å². The molecule has 120 valence electrons. The summed E-state index contributed by atoms with van der Waals surface area (Å²) < 4.78 is 39.6. The lowest BCUT2D eigenvalue weighted by atomic mass is 10.3. The van der Waals surface area contributed by atoms with Gasteiger partial charge in [0.05, 0.1) is 4.92 Å². The number of nitrogens with zero attached hydrogens (tertiary/aromatic N) is 2. The molecule has 0 radical (unpaired) electrons. The second-order valence-corrected chi connectivity index (χ2v) is 4.46. The van der Waals surface area contributed by atoms with Crippen molar-refractivity contribution in [2.75, 3.05) is 10.6 Å². The maximum atomic E-state index is 13.5. The van der Waals surface area contributed by atoms with Gasteiger partial charge in [0.2, 0.25) is 11.8 Å². The number of amides is 2. The fraction of sp³-hybridized carbons (Fsp3) is 0. The third kappa shape index (κ3) is 3.66. The Hall–Kier alpha value is -2.88. The Morgan fingerprint density at radius 3 is 2.30 bits per heavy atom. The van der Waals surface area contributed by atoms with E-state index in [-0.39, 0.29) is 11.4 Å². The number of hydrogen-bond acceptors (Lipinski definition) is 4. The summed E-state index contributed by atoms with van der Waals surface area (Å²) in [5.41, 5.74) is -1.00. The van der Waals surface area contributed by atoms with Crippen molar-refractivity contribution in [2.45, 2.75) is 0 Å². The Morgan fingerprint density at radius 2 is 1.74 bits per heavy atom. The first-order chi connectivity index (χ1) is 10.8. The molecule has 23 heavy (non-hydrogen) atoms. The van der Waals surface area contributed by atoms with Crippen LogP contribution in [-0.4, -0.2) is 15.9 Å². The highest BCUT2D eigenvalue weighted by Crippen LogP contribution is 2.28. The largest absolute Gasteiger partial charge is 0.323 e. The lowest BCUT2D eigenvalue weighted by molar-refractivity contribution is -0.384. The number of rotatable bonds is 3. The van der Waals surface area contributed by atoms with Gasteiger partial charge in [-0.05, 0) is 12.1 Å². The predicted octanol–water partition coefficient (Wildman–Crippen LogP) is 3.70. The first-order valence-electron chi connectivity index (χ1n) is 5.82. The highest BCUT2D eigenvalue weighted by molar-refractivity contribution is 6.33. The minimum Gasteiger partial charge on any atom is -0.308 e. The minimum absolute atomic E-state index is 0.125. The third-order valence-corrected chi connectivity index (χ3v) is 2.92. The van der Waals surface area contributed by atoms with Crippen molar-refractivity contribution in [1.29, 1.82) is 0 Å². The van der Waals surface area contributed by atoms with Crippen molar-refractivity contribution in [3.63, 3.8) is 0 Å². The Labute approximate surface area is 131 Å². The quantitative estimate of drug-likeness (QED) is 0.503. The number of nitro groups is 1. The SMILES string of the molecule is O=C(Nc1ccc([N+](=O)[O-])cc1)Nc1c(F)c(F)nc(F)c1Cl. The number of urea groups is 1. The van der Waals surface area contributed by atoms with Crippen molar-refractivity contribution >= 4 is 34.7 Å². The summed E-state index contributed by atoms with van der Waals surface area (Å²) in [5, 5.41) is 13.6. The average molecular weight is 347 g/mol. The molecule has 0 bridgehead atoms. The Morgan fingerprint density at radius 1 is 1.13 bits per heavy atom. The number of hydrogen-bond donors (Lipinski definition) is 2. The summed E-state index contributed by atoms with van der Waals surface area (Å²) in [6, 6.07) is 3.60. The second-order valence-electron chi connectivity index (χ2n) is 4.08. The van der Waals surface area contributed by atoms with Gasteiger partial charge in [-0.25, -0.2) is 4.79 Å². The molecule has 0 atom stereocenters. The molecule has 11 heteroatoms. The molecule has 1 heterocycles. The van der Waals surface area contributed by atoms with Crippen molar-refractivity contribution in [3.05, 3.63) is 57.1 Å². The van der Waals surface area contributed by atoms with Crippen LogP contribution in [0.1, 0.15) is 0 Å². The second kappa shape index (κ2) is 6.48. The summed E-state index contributed by atoms with van der Waals surface area (Å²) in [6.07, 6.45) is 0. The molecule has 0 unspecified atom stereocenters. The molecule has 0 aliphatic carbocycles. The van der Waals surface area contributed by atoms with Crippen molar-refractivity contribution < 1.29 is 22.9 Å². The number of benzene rings is 1. The smallest absolute Gasteiger partial charge is 0.308 e. The monoisotopic (exact) mass is 346 g/mol. The van der Waals surface area contributed by atoms with Crippen molar-refractivity contribution in [1.82, 2.24) is 4.98 Å². The number of anilines is 2. The van der Waals surface area contributed by atoms with Gasteiger partial charge in [0.15, 0.2) is 0 Å². The van der Waals surface area contributed by atoms with Gasteiger partial charge in [-0.3, -0.25) is 10.1 Å². The fourth-order valence-electron chi connectivity index (χ4n) is 1.54. The number of carbonyl (C=O) groups is 1. The molecule has 1 aromatic carbocycles. The van der Waals surface area contributed by atoms with E-state index in [1.807, 2.05) is 5.32 Å². The highest BCUT2D eigenvalue weighted by Gasteiger charge is 2.21. The molecule has 2 N–H and O–H groups in total. The van der Waals surface area contributed by atoms with Crippen LogP contribution in [-0.2, 0) is 0 Å². The summed E-state index contributed by atoms with van der Waals surface area (Å²) in [5.74, 6) is -4.89. The van der Waals surface area contributed by atoms with Crippen LogP contribution in [0.5, 0.6) is 0 Å². The molecule has 0 spiro atoms. The zero-order valence-corrected chi connectivity index (χ0v) is 11.7. The lowest BCUT2D eigenvalue weighted by Crippen LogP contribution is -2.21. The summed E-state index contributed by atoms with van der Waals surface area (Å²) in [7, 11) is 0. The molecular formula is C12H6ClF3N4O3. The van der Waals surface area contributed by atoms with Gasteiger partial charge in [0.1, 0.15) is 10.7 Å². The lowest BCUT2D eigenvalue weighted by Gasteiger charge is -2.10. The first-order valence-corrected chi connectivity index (χ1v) is 6.20. The number of nitrogens with one attached hydrogen (secondary N) is 2. The molecule has 7 nitrogen and oxygen atoms in total. The Balaban J connectivity index is 2.15. The van der Waals surface area contributed by atoms with Crippen LogP contribution in [0.4, 0.5) is 35.0 Å². The number of non-ortho nitro benzene ring substituents is 1.